The van der Waals surface area contributed by atoms with Gasteiger partial charge < -0.3 is 15.5 Å². The molecule has 4 nitrogen and oxygen atoms in total. The molecular weight excluding hydrogens is 368 g/mol. The highest BCUT2D eigenvalue weighted by molar-refractivity contribution is 9.10. The number of nitrogen functional groups attached to an aromatic ring is 1. The number of rotatable bonds is 3. The number of carbonyl (C=O) groups is 1. The van der Waals surface area contributed by atoms with Crippen molar-refractivity contribution in [3.8, 4) is 11.3 Å². The van der Waals surface area contributed by atoms with Gasteiger partial charge in [0.25, 0.3) is 5.91 Å². The smallest absolute Gasteiger partial charge is 0.291 e. The maximum atomic E-state index is 12.4. The third kappa shape index (κ3) is 3.36. The summed E-state index contributed by atoms with van der Waals surface area (Å²) in [5, 5.41) is 2.84. The lowest BCUT2D eigenvalue weighted by molar-refractivity contribution is 0.0997. The molecule has 0 bridgehead atoms. The maximum absolute atomic E-state index is 12.4. The standard InChI is InChI=1S/C19H17BrN2O2/c1-11-9-13(3-5-15(11)20)17-7-8-18(24-17)19(23)22-16-6-4-14(21)10-12(16)2/h3-10H,21H2,1-2H3,(H,22,23). The van der Waals surface area contributed by atoms with Crippen molar-refractivity contribution in [1.82, 2.24) is 0 Å². The summed E-state index contributed by atoms with van der Waals surface area (Å²) in [6, 6.07) is 14.7. The Morgan fingerprint density at radius 2 is 1.83 bits per heavy atom. The highest BCUT2D eigenvalue weighted by Gasteiger charge is 2.14. The van der Waals surface area contributed by atoms with Gasteiger partial charge in [0.05, 0.1) is 0 Å². The second-order valence-electron chi connectivity index (χ2n) is 5.66. The number of nitrogens with two attached hydrogens (primary N) is 1. The van der Waals surface area contributed by atoms with Crippen molar-refractivity contribution in [2.45, 2.75) is 13.8 Å². The predicted octanol–water partition coefficient (Wildman–Crippen LogP) is 5.16. The first-order chi connectivity index (χ1) is 11.4. The molecule has 0 atom stereocenters. The summed E-state index contributed by atoms with van der Waals surface area (Å²) in [5.41, 5.74) is 10.0. The number of hydrogen-bond donors (Lipinski definition) is 2. The molecule has 0 aliphatic rings. The Balaban J connectivity index is 1.82. The van der Waals surface area contributed by atoms with Gasteiger partial charge in [-0.05, 0) is 67.4 Å². The molecule has 1 aromatic heterocycles. The second kappa shape index (κ2) is 6.53. The third-order valence-corrected chi connectivity index (χ3v) is 4.66. The Labute approximate surface area is 148 Å². The Bertz CT molecular complexity index is 915. The Hall–Kier alpha value is -2.53. The molecule has 0 saturated heterocycles. The van der Waals surface area contributed by atoms with Crippen LogP contribution in [0.15, 0.2) is 57.4 Å². The maximum Gasteiger partial charge on any atom is 0.291 e. The van der Waals surface area contributed by atoms with Gasteiger partial charge in [-0.15, -0.1) is 0 Å². The van der Waals surface area contributed by atoms with E-state index in [2.05, 4.69) is 21.2 Å². The molecule has 0 unspecified atom stereocenters. The molecule has 0 saturated carbocycles. The van der Waals surface area contributed by atoms with Crippen molar-refractivity contribution in [1.29, 1.82) is 0 Å². The van der Waals surface area contributed by atoms with E-state index in [1.54, 1.807) is 24.3 Å². The molecule has 2 aromatic carbocycles. The number of anilines is 2. The van der Waals surface area contributed by atoms with E-state index in [1.807, 2.05) is 38.1 Å². The van der Waals surface area contributed by atoms with Gasteiger partial charge in [-0.1, -0.05) is 22.0 Å². The number of nitrogens with one attached hydrogen (secondary N) is 1. The SMILES string of the molecule is Cc1cc(-c2ccc(C(=O)Nc3ccc(N)cc3C)o2)ccc1Br. The van der Waals surface area contributed by atoms with Crippen LogP contribution in [0.3, 0.4) is 0 Å². The molecule has 1 amide bonds. The number of benzene rings is 2. The Kier molecular flexibility index (Phi) is 4.44. The number of carbonyl (C=O) groups excluding carboxylic acids is 1. The molecule has 5 heteroatoms. The topological polar surface area (TPSA) is 68.3 Å². The van der Waals surface area contributed by atoms with Crippen molar-refractivity contribution in [2.24, 2.45) is 0 Å². The van der Waals surface area contributed by atoms with Crippen LogP contribution in [0.25, 0.3) is 11.3 Å². The molecule has 0 spiro atoms. The van der Waals surface area contributed by atoms with Gasteiger partial charge in [-0.3, -0.25) is 4.79 Å². The number of aryl methyl sites for hydroxylation is 2. The molecule has 3 aromatic rings. The first-order valence-corrected chi connectivity index (χ1v) is 8.27. The summed E-state index contributed by atoms with van der Waals surface area (Å²) in [6.45, 7) is 3.90. The lowest BCUT2D eigenvalue weighted by atomic mass is 10.1. The van der Waals surface area contributed by atoms with Crippen molar-refractivity contribution in [3.05, 3.63) is 69.9 Å². The van der Waals surface area contributed by atoms with E-state index in [-0.39, 0.29) is 11.7 Å². The molecule has 0 aliphatic heterocycles. The van der Waals surface area contributed by atoms with Gasteiger partial charge in [0.2, 0.25) is 0 Å². The van der Waals surface area contributed by atoms with Gasteiger partial charge >= 0.3 is 0 Å². The summed E-state index contributed by atoms with van der Waals surface area (Å²) in [7, 11) is 0. The Morgan fingerprint density at radius 1 is 1.04 bits per heavy atom. The zero-order valence-electron chi connectivity index (χ0n) is 13.4. The van der Waals surface area contributed by atoms with Gasteiger partial charge in [0, 0.05) is 21.4 Å². The van der Waals surface area contributed by atoms with Crippen LogP contribution in [0.1, 0.15) is 21.7 Å². The van der Waals surface area contributed by atoms with E-state index in [4.69, 9.17) is 10.2 Å². The van der Waals surface area contributed by atoms with Crippen LogP contribution in [0.4, 0.5) is 11.4 Å². The summed E-state index contributed by atoms with van der Waals surface area (Å²) in [6.07, 6.45) is 0. The van der Waals surface area contributed by atoms with Crippen LogP contribution in [-0.2, 0) is 0 Å². The number of halogens is 1. The van der Waals surface area contributed by atoms with Gasteiger partial charge in [-0.25, -0.2) is 0 Å². The monoisotopic (exact) mass is 384 g/mol. The summed E-state index contributed by atoms with van der Waals surface area (Å²) < 4.78 is 6.75. The van der Waals surface area contributed by atoms with Crippen LogP contribution >= 0.6 is 15.9 Å². The number of amides is 1. The minimum atomic E-state index is -0.289. The summed E-state index contributed by atoms with van der Waals surface area (Å²) in [4.78, 5) is 12.4. The van der Waals surface area contributed by atoms with Crippen molar-refractivity contribution in [3.63, 3.8) is 0 Å². The largest absolute Gasteiger partial charge is 0.451 e. The first-order valence-electron chi connectivity index (χ1n) is 7.48. The molecule has 0 fully saturated rings. The van der Waals surface area contributed by atoms with Crippen molar-refractivity contribution < 1.29 is 9.21 Å². The van der Waals surface area contributed by atoms with Gasteiger partial charge in [-0.2, -0.15) is 0 Å². The average Bonchev–Trinajstić information content (AvgIpc) is 3.03. The fraction of sp³-hybridized carbons (Fsp3) is 0.105. The predicted molar refractivity (Wildman–Crippen MR) is 100 cm³/mol. The lowest BCUT2D eigenvalue weighted by Crippen LogP contribution is -2.11. The minimum absolute atomic E-state index is 0.266. The molecule has 0 aliphatic carbocycles. The number of hydrogen-bond acceptors (Lipinski definition) is 3. The molecule has 122 valence electrons. The normalized spacial score (nSPS) is 10.6. The van der Waals surface area contributed by atoms with E-state index in [1.165, 1.54) is 0 Å². The van der Waals surface area contributed by atoms with Crippen LogP contribution in [0.5, 0.6) is 0 Å². The highest BCUT2D eigenvalue weighted by atomic mass is 79.9. The number of furan rings is 1. The zero-order chi connectivity index (χ0) is 17.3. The van der Waals surface area contributed by atoms with Crippen molar-refractivity contribution >= 4 is 33.2 Å². The van der Waals surface area contributed by atoms with Crippen molar-refractivity contribution in [2.75, 3.05) is 11.1 Å². The molecule has 3 N–H and O–H groups in total. The quantitative estimate of drug-likeness (QED) is 0.612. The summed E-state index contributed by atoms with van der Waals surface area (Å²) >= 11 is 3.48. The molecule has 3 rings (SSSR count). The molecule has 0 radical (unpaired) electrons. The van der Waals surface area contributed by atoms with Crippen LogP contribution in [0.2, 0.25) is 0 Å². The van der Waals surface area contributed by atoms with E-state index in [9.17, 15) is 4.79 Å². The molecular formula is C19H17BrN2O2. The lowest BCUT2D eigenvalue weighted by Gasteiger charge is -2.07. The van der Waals surface area contributed by atoms with E-state index in [0.29, 0.717) is 17.1 Å². The fourth-order valence-corrected chi connectivity index (χ4v) is 2.67. The molecule has 1 heterocycles. The highest BCUT2D eigenvalue weighted by Crippen LogP contribution is 2.27. The zero-order valence-corrected chi connectivity index (χ0v) is 15.0. The van der Waals surface area contributed by atoms with Crippen LogP contribution in [0, 0.1) is 13.8 Å². The van der Waals surface area contributed by atoms with E-state index >= 15 is 0 Å². The van der Waals surface area contributed by atoms with Crippen LogP contribution < -0.4 is 11.1 Å². The minimum Gasteiger partial charge on any atom is -0.451 e. The van der Waals surface area contributed by atoms with Crippen LogP contribution in [-0.4, -0.2) is 5.91 Å². The first kappa shape index (κ1) is 16.3. The Morgan fingerprint density at radius 3 is 2.54 bits per heavy atom. The second-order valence-corrected chi connectivity index (χ2v) is 6.51. The summed E-state index contributed by atoms with van der Waals surface area (Å²) in [5.74, 6) is 0.634. The van der Waals surface area contributed by atoms with Gasteiger partial charge in [0.15, 0.2) is 5.76 Å². The third-order valence-electron chi connectivity index (χ3n) is 3.77. The van der Waals surface area contributed by atoms with E-state index in [0.717, 1.165) is 21.2 Å². The molecule has 24 heavy (non-hydrogen) atoms. The van der Waals surface area contributed by atoms with Gasteiger partial charge in [0.1, 0.15) is 5.76 Å². The van der Waals surface area contributed by atoms with E-state index < -0.39 is 0 Å². The fourth-order valence-electron chi connectivity index (χ4n) is 2.42. The average molecular weight is 385 g/mol.